The van der Waals surface area contributed by atoms with Crippen LogP contribution in [0.25, 0.3) is 22.3 Å². The summed E-state index contributed by atoms with van der Waals surface area (Å²) in [6, 6.07) is 10.9. The Morgan fingerprint density at radius 1 is 1.06 bits per heavy atom. The van der Waals surface area contributed by atoms with Crippen molar-refractivity contribution in [1.29, 1.82) is 0 Å². The van der Waals surface area contributed by atoms with Gasteiger partial charge in [-0.25, -0.2) is 4.98 Å². The fraction of sp³-hybridized carbons (Fsp3) is 0.536. The van der Waals surface area contributed by atoms with Gasteiger partial charge in [0.25, 0.3) is 0 Å². The molecule has 7 heteroatoms. The van der Waals surface area contributed by atoms with Crippen LogP contribution in [0.4, 0.5) is 5.69 Å². The highest BCUT2D eigenvalue weighted by molar-refractivity contribution is 5.96. The van der Waals surface area contributed by atoms with Gasteiger partial charge in [0.15, 0.2) is 11.5 Å². The summed E-state index contributed by atoms with van der Waals surface area (Å²) in [6.45, 7) is 8.50. The smallest absolute Gasteiger partial charge is 0.163 e. The van der Waals surface area contributed by atoms with E-state index in [0.29, 0.717) is 12.6 Å². The van der Waals surface area contributed by atoms with Crippen LogP contribution in [0.1, 0.15) is 37.8 Å². The predicted octanol–water partition coefficient (Wildman–Crippen LogP) is 4.92. The molecule has 0 aliphatic carbocycles. The van der Waals surface area contributed by atoms with Crippen molar-refractivity contribution in [3.8, 4) is 22.9 Å². The predicted molar refractivity (Wildman–Crippen MR) is 143 cm³/mol. The molecule has 2 fully saturated rings. The summed E-state index contributed by atoms with van der Waals surface area (Å²) in [5.41, 5.74) is 5.11. The van der Waals surface area contributed by atoms with Gasteiger partial charge in [0.2, 0.25) is 0 Å². The number of aryl methyl sites for hydroxylation is 1. The minimum Gasteiger partial charge on any atom is -0.493 e. The van der Waals surface area contributed by atoms with E-state index in [1.165, 1.54) is 25.9 Å². The first kappa shape index (κ1) is 23.9. The number of hydrogen-bond donors (Lipinski definition) is 2. The molecule has 1 aromatic carbocycles. The van der Waals surface area contributed by atoms with E-state index < -0.39 is 0 Å². The number of fused-ring (bicyclic) bond motifs is 1. The highest BCUT2D eigenvalue weighted by Crippen LogP contribution is 2.37. The van der Waals surface area contributed by atoms with Crippen molar-refractivity contribution in [3.63, 3.8) is 0 Å². The number of H-pyrrole nitrogens is 1. The van der Waals surface area contributed by atoms with Gasteiger partial charge in [0, 0.05) is 35.4 Å². The monoisotopic (exact) mass is 477 g/mol. The number of ether oxygens (including phenoxy) is 2. The van der Waals surface area contributed by atoms with Crippen molar-refractivity contribution < 1.29 is 9.47 Å². The molecular formula is C28H39N5O2. The van der Waals surface area contributed by atoms with Gasteiger partial charge in [-0.3, -0.25) is 0 Å². The molecule has 7 nitrogen and oxygen atoms in total. The number of rotatable bonds is 9. The van der Waals surface area contributed by atoms with E-state index in [9.17, 15) is 0 Å². The summed E-state index contributed by atoms with van der Waals surface area (Å²) in [5, 5.41) is 4.90. The maximum Gasteiger partial charge on any atom is 0.163 e. The highest BCUT2D eigenvalue weighted by atomic mass is 16.5. The van der Waals surface area contributed by atoms with E-state index in [1.807, 2.05) is 6.07 Å². The second-order valence-electron chi connectivity index (χ2n) is 10.1. The summed E-state index contributed by atoms with van der Waals surface area (Å²) in [4.78, 5) is 13.4. The summed E-state index contributed by atoms with van der Waals surface area (Å²) in [6.07, 6.45) is 5.92. The number of aromatic nitrogens is 2. The topological polar surface area (TPSA) is 65.6 Å². The average molecular weight is 478 g/mol. The van der Waals surface area contributed by atoms with Crippen LogP contribution in [0.3, 0.4) is 0 Å². The third kappa shape index (κ3) is 5.73. The highest BCUT2D eigenvalue weighted by Gasteiger charge is 2.20. The Labute approximate surface area is 208 Å². The van der Waals surface area contributed by atoms with Gasteiger partial charge in [0.05, 0.1) is 30.6 Å². The van der Waals surface area contributed by atoms with Gasteiger partial charge in [-0.2, -0.15) is 0 Å². The molecule has 0 atom stereocenters. The van der Waals surface area contributed by atoms with E-state index >= 15 is 0 Å². The van der Waals surface area contributed by atoms with Crippen LogP contribution in [0, 0.1) is 6.92 Å². The fourth-order valence-corrected chi connectivity index (χ4v) is 5.27. The van der Waals surface area contributed by atoms with Crippen LogP contribution < -0.4 is 14.8 Å². The van der Waals surface area contributed by atoms with Crippen LogP contribution in [-0.4, -0.2) is 79.3 Å². The van der Waals surface area contributed by atoms with Gasteiger partial charge in [-0.15, -0.1) is 0 Å². The zero-order valence-corrected chi connectivity index (χ0v) is 21.4. The zero-order valence-electron chi connectivity index (χ0n) is 21.4. The van der Waals surface area contributed by atoms with Crippen molar-refractivity contribution in [1.82, 2.24) is 19.8 Å². The third-order valence-electron chi connectivity index (χ3n) is 7.36. The molecule has 0 amide bonds. The molecule has 2 aromatic heterocycles. The van der Waals surface area contributed by atoms with E-state index in [0.717, 1.165) is 84.1 Å². The number of nitrogens with zero attached hydrogens (tertiary/aromatic N) is 3. The number of aromatic amines is 1. The lowest BCUT2D eigenvalue weighted by molar-refractivity contribution is 0.254. The Balaban J connectivity index is 1.43. The van der Waals surface area contributed by atoms with Crippen LogP contribution in [-0.2, 0) is 0 Å². The van der Waals surface area contributed by atoms with Crippen LogP contribution in [0.2, 0.25) is 0 Å². The molecule has 2 N–H and O–H groups in total. The lowest BCUT2D eigenvalue weighted by Gasteiger charge is -2.30. The number of likely N-dealkylation sites (tertiary alicyclic amines) is 2. The Bertz CT molecular complexity index is 1130. The summed E-state index contributed by atoms with van der Waals surface area (Å²) >= 11 is 0. The first-order valence-corrected chi connectivity index (χ1v) is 13.1. The number of piperidine rings is 1. The van der Waals surface area contributed by atoms with Crippen LogP contribution in [0.15, 0.2) is 30.3 Å². The molecule has 4 heterocycles. The maximum absolute atomic E-state index is 6.22. The Morgan fingerprint density at radius 3 is 2.57 bits per heavy atom. The van der Waals surface area contributed by atoms with Crippen LogP contribution in [0.5, 0.6) is 11.5 Å². The Kier molecular flexibility index (Phi) is 7.44. The largest absolute Gasteiger partial charge is 0.493 e. The summed E-state index contributed by atoms with van der Waals surface area (Å²) in [7, 11) is 3.91. The third-order valence-corrected chi connectivity index (χ3v) is 7.36. The maximum atomic E-state index is 6.22. The van der Waals surface area contributed by atoms with Crippen molar-refractivity contribution in [2.75, 3.05) is 58.8 Å². The van der Waals surface area contributed by atoms with Gasteiger partial charge in [0.1, 0.15) is 0 Å². The van der Waals surface area contributed by atoms with E-state index in [-0.39, 0.29) is 0 Å². The first-order valence-electron chi connectivity index (χ1n) is 13.1. The van der Waals surface area contributed by atoms with Crippen molar-refractivity contribution >= 4 is 16.6 Å². The fourth-order valence-electron chi connectivity index (χ4n) is 5.27. The molecule has 35 heavy (non-hydrogen) atoms. The second-order valence-corrected chi connectivity index (χ2v) is 10.1. The van der Waals surface area contributed by atoms with Gasteiger partial charge in [-0.1, -0.05) is 0 Å². The number of pyridine rings is 1. The molecular weight excluding hydrogens is 438 g/mol. The van der Waals surface area contributed by atoms with Gasteiger partial charge < -0.3 is 29.6 Å². The first-order chi connectivity index (χ1) is 17.1. The molecule has 0 radical (unpaired) electrons. The van der Waals surface area contributed by atoms with Crippen molar-refractivity contribution in [2.24, 2.45) is 0 Å². The number of nitrogens with one attached hydrogen (secondary N) is 2. The molecule has 188 valence electrons. The molecule has 0 unspecified atom stereocenters. The van der Waals surface area contributed by atoms with Crippen molar-refractivity contribution in [3.05, 3.63) is 36.0 Å². The second kappa shape index (κ2) is 10.9. The molecule has 0 bridgehead atoms. The summed E-state index contributed by atoms with van der Waals surface area (Å²) < 4.78 is 12.0. The molecule has 5 rings (SSSR count). The molecule has 2 aliphatic rings. The normalized spacial score (nSPS) is 17.8. The van der Waals surface area contributed by atoms with Crippen LogP contribution >= 0.6 is 0 Å². The number of hydrogen-bond acceptors (Lipinski definition) is 6. The molecule has 2 saturated heterocycles. The minimum atomic E-state index is 0.447. The quantitative estimate of drug-likeness (QED) is 0.427. The number of methoxy groups -OCH3 is 1. The summed E-state index contributed by atoms with van der Waals surface area (Å²) in [5.74, 6) is 1.52. The van der Waals surface area contributed by atoms with E-state index in [2.05, 4.69) is 58.3 Å². The van der Waals surface area contributed by atoms with Gasteiger partial charge >= 0.3 is 0 Å². The lowest BCUT2D eigenvalue weighted by Crippen LogP contribution is -2.36. The van der Waals surface area contributed by atoms with E-state index in [4.69, 9.17) is 14.5 Å². The van der Waals surface area contributed by atoms with E-state index in [1.54, 1.807) is 7.11 Å². The average Bonchev–Trinajstić information content (AvgIpc) is 3.54. The molecule has 3 aromatic rings. The van der Waals surface area contributed by atoms with Gasteiger partial charge in [-0.05, 0) is 96.5 Å². The SMILES string of the molecule is COc1cc2c(NC3CCN(C)CC3)cc(-c3ccc(C)[nH]3)nc2cc1OCCCN1CCCC1. The number of benzene rings is 1. The Morgan fingerprint density at radius 2 is 1.86 bits per heavy atom. The molecule has 0 spiro atoms. The molecule has 0 saturated carbocycles. The standard InChI is InChI=1S/C28H39N5O2/c1-20-7-8-23(29-20)26-18-24(30-21-9-14-32(2)15-10-21)22-17-27(34-3)28(19-25(22)31-26)35-16-6-13-33-11-4-5-12-33/h7-8,17-19,21,29H,4-6,9-16H2,1-3H3,(H,30,31). The lowest BCUT2D eigenvalue weighted by atomic mass is 10.0. The Hall–Kier alpha value is -2.77. The molecule has 2 aliphatic heterocycles. The number of anilines is 1. The zero-order chi connectivity index (χ0) is 24.2. The minimum absolute atomic E-state index is 0.447. The van der Waals surface area contributed by atoms with Crippen molar-refractivity contribution in [2.45, 2.75) is 45.1 Å².